The second-order valence-corrected chi connectivity index (χ2v) is 8.08. The molecule has 0 N–H and O–H groups in total. The highest BCUT2D eigenvalue weighted by molar-refractivity contribution is 6.03. The molecule has 0 spiro atoms. The van der Waals surface area contributed by atoms with Crippen molar-refractivity contribution in [3.05, 3.63) is 82.7 Å². The second-order valence-electron chi connectivity index (χ2n) is 8.08. The van der Waals surface area contributed by atoms with Crippen molar-refractivity contribution in [1.29, 1.82) is 0 Å². The SMILES string of the molecule is COC(=O)N(C)c1ccccc1C(=O)OCC(=O)c1cc(C)n(CCc2ccc(OC)cc2)c1C. The summed E-state index contributed by atoms with van der Waals surface area (Å²) in [5.74, 6) is -0.178. The molecule has 0 saturated carbocycles. The zero-order valence-corrected chi connectivity index (χ0v) is 20.7. The Balaban J connectivity index is 1.67. The highest BCUT2D eigenvalue weighted by Crippen LogP contribution is 2.22. The van der Waals surface area contributed by atoms with Gasteiger partial charge in [-0.3, -0.25) is 9.69 Å². The molecule has 3 rings (SSSR count). The number of amides is 1. The first-order valence-corrected chi connectivity index (χ1v) is 11.2. The van der Waals surface area contributed by atoms with Crippen LogP contribution in [0.15, 0.2) is 54.6 Å². The maximum Gasteiger partial charge on any atom is 0.413 e. The minimum absolute atomic E-state index is 0.165. The molecule has 1 amide bonds. The number of aromatic nitrogens is 1. The summed E-state index contributed by atoms with van der Waals surface area (Å²) in [7, 11) is 4.38. The van der Waals surface area contributed by atoms with Gasteiger partial charge in [-0.2, -0.15) is 0 Å². The average Bonchev–Trinajstić information content (AvgIpc) is 3.17. The van der Waals surface area contributed by atoms with E-state index in [0.29, 0.717) is 17.8 Å². The minimum atomic E-state index is -0.696. The molecule has 0 unspecified atom stereocenters. The Hall–Kier alpha value is -4.07. The largest absolute Gasteiger partial charge is 0.497 e. The van der Waals surface area contributed by atoms with E-state index >= 15 is 0 Å². The lowest BCUT2D eigenvalue weighted by Crippen LogP contribution is -2.28. The first-order chi connectivity index (χ1) is 16.8. The van der Waals surface area contributed by atoms with Crippen LogP contribution in [-0.2, 0) is 22.4 Å². The number of para-hydroxylation sites is 1. The molecule has 0 aliphatic heterocycles. The van der Waals surface area contributed by atoms with E-state index in [1.165, 1.54) is 25.1 Å². The lowest BCUT2D eigenvalue weighted by molar-refractivity contribution is 0.0475. The molecule has 8 nitrogen and oxygen atoms in total. The van der Waals surface area contributed by atoms with Gasteiger partial charge in [-0.05, 0) is 56.2 Å². The van der Waals surface area contributed by atoms with E-state index in [-0.39, 0.29) is 11.3 Å². The maximum atomic E-state index is 12.9. The van der Waals surface area contributed by atoms with Crippen LogP contribution >= 0.6 is 0 Å². The molecule has 1 aromatic heterocycles. The number of carbonyl (C=O) groups excluding carboxylic acids is 3. The zero-order valence-electron chi connectivity index (χ0n) is 20.7. The predicted octanol–water partition coefficient (Wildman–Crippen LogP) is 4.60. The zero-order chi connectivity index (χ0) is 25.5. The van der Waals surface area contributed by atoms with Crippen molar-refractivity contribution in [3.63, 3.8) is 0 Å². The van der Waals surface area contributed by atoms with E-state index in [0.717, 1.165) is 29.1 Å². The molecule has 0 radical (unpaired) electrons. The lowest BCUT2D eigenvalue weighted by Gasteiger charge is -2.18. The smallest absolute Gasteiger partial charge is 0.413 e. The van der Waals surface area contributed by atoms with E-state index in [4.69, 9.17) is 14.2 Å². The number of benzene rings is 2. The van der Waals surface area contributed by atoms with Gasteiger partial charge in [0.2, 0.25) is 5.78 Å². The molecule has 8 heteroatoms. The molecule has 0 aliphatic rings. The molecule has 0 atom stereocenters. The Morgan fingerprint density at radius 3 is 2.29 bits per heavy atom. The number of ether oxygens (including phenoxy) is 3. The Morgan fingerprint density at radius 2 is 1.63 bits per heavy atom. The van der Waals surface area contributed by atoms with Crippen LogP contribution < -0.4 is 9.64 Å². The van der Waals surface area contributed by atoms with Crippen LogP contribution in [0.2, 0.25) is 0 Å². The van der Waals surface area contributed by atoms with Crippen molar-refractivity contribution in [1.82, 2.24) is 4.57 Å². The van der Waals surface area contributed by atoms with Gasteiger partial charge in [0.1, 0.15) is 5.75 Å². The van der Waals surface area contributed by atoms with Crippen molar-refractivity contribution in [2.45, 2.75) is 26.8 Å². The molecule has 35 heavy (non-hydrogen) atoms. The fourth-order valence-electron chi connectivity index (χ4n) is 3.92. The summed E-state index contributed by atoms with van der Waals surface area (Å²) in [5.41, 5.74) is 3.95. The number of carbonyl (C=O) groups is 3. The lowest BCUT2D eigenvalue weighted by atomic mass is 10.1. The van der Waals surface area contributed by atoms with Crippen LogP contribution in [0.4, 0.5) is 10.5 Å². The van der Waals surface area contributed by atoms with Gasteiger partial charge < -0.3 is 18.8 Å². The molecule has 0 fully saturated rings. The van der Waals surface area contributed by atoms with Crippen molar-refractivity contribution >= 4 is 23.5 Å². The Kier molecular flexibility index (Phi) is 8.30. The average molecular weight is 479 g/mol. The normalized spacial score (nSPS) is 10.5. The van der Waals surface area contributed by atoms with Crippen molar-refractivity contribution in [2.75, 3.05) is 32.8 Å². The maximum absolute atomic E-state index is 12.9. The van der Waals surface area contributed by atoms with Crippen LogP contribution in [0, 0.1) is 13.8 Å². The van der Waals surface area contributed by atoms with Gasteiger partial charge in [-0.1, -0.05) is 24.3 Å². The number of methoxy groups -OCH3 is 2. The number of ketones is 1. The molecule has 0 saturated heterocycles. The molecule has 0 aliphatic carbocycles. The number of Topliss-reactive ketones (excluding diaryl/α,β-unsaturated/α-hetero) is 1. The summed E-state index contributed by atoms with van der Waals surface area (Å²) >= 11 is 0. The molecular formula is C27H30N2O6. The number of hydrogen-bond acceptors (Lipinski definition) is 6. The molecule has 184 valence electrons. The summed E-state index contributed by atoms with van der Waals surface area (Å²) in [6, 6.07) is 16.2. The van der Waals surface area contributed by atoms with Gasteiger partial charge in [0.25, 0.3) is 0 Å². The van der Waals surface area contributed by atoms with Crippen molar-refractivity contribution in [3.8, 4) is 5.75 Å². The number of nitrogens with zero attached hydrogens (tertiary/aromatic N) is 2. The minimum Gasteiger partial charge on any atom is -0.497 e. The highest BCUT2D eigenvalue weighted by atomic mass is 16.5. The monoisotopic (exact) mass is 478 g/mol. The Labute approximate surface area is 205 Å². The number of hydrogen-bond donors (Lipinski definition) is 0. The summed E-state index contributed by atoms with van der Waals surface area (Å²) in [4.78, 5) is 38.7. The van der Waals surface area contributed by atoms with Crippen LogP contribution in [-0.4, -0.2) is 50.3 Å². The number of esters is 1. The third-order valence-corrected chi connectivity index (χ3v) is 5.93. The van der Waals surface area contributed by atoms with Gasteiger partial charge in [0.15, 0.2) is 6.61 Å². The standard InChI is InChI=1S/C27H30N2O6/c1-18-16-23(19(2)29(18)15-14-20-10-12-21(33-4)13-11-20)25(30)17-35-26(31)22-8-6-7-9-24(22)28(3)27(32)34-5/h6-13,16H,14-15,17H2,1-5H3. The summed E-state index contributed by atoms with van der Waals surface area (Å²) in [5, 5.41) is 0. The summed E-state index contributed by atoms with van der Waals surface area (Å²) < 4.78 is 17.3. The van der Waals surface area contributed by atoms with E-state index in [2.05, 4.69) is 4.57 Å². The Bertz CT molecular complexity index is 1210. The molecule has 1 heterocycles. The van der Waals surface area contributed by atoms with E-state index in [1.807, 2.05) is 44.2 Å². The third kappa shape index (κ3) is 5.90. The first-order valence-electron chi connectivity index (χ1n) is 11.2. The van der Waals surface area contributed by atoms with Gasteiger partial charge >= 0.3 is 12.1 Å². The van der Waals surface area contributed by atoms with E-state index in [1.54, 1.807) is 25.3 Å². The highest BCUT2D eigenvalue weighted by Gasteiger charge is 2.22. The topological polar surface area (TPSA) is 87.1 Å². The fraction of sp³-hybridized carbons (Fsp3) is 0.296. The first kappa shape index (κ1) is 25.6. The van der Waals surface area contributed by atoms with E-state index < -0.39 is 18.7 Å². The van der Waals surface area contributed by atoms with Gasteiger partial charge in [-0.15, -0.1) is 0 Å². The van der Waals surface area contributed by atoms with Crippen molar-refractivity contribution in [2.24, 2.45) is 0 Å². The number of anilines is 1. The fourth-order valence-corrected chi connectivity index (χ4v) is 3.92. The molecule has 3 aromatic rings. The predicted molar refractivity (Wildman–Crippen MR) is 132 cm³/mol. The quantitative estimate of drug-likeness (QED) is 0.330. The van der Waals surface area contributed by atoms with Crippen molar-refractivity contribution < 1.29 is 28.6 Å². The second kappa shape index (κ2) is 11.4. The van der Waals surface area contributed by atoms with Gasteiger partial charge in [0, 0.05) is 30.5 Å². The Morgan fingerprint density at radius 1 is 0.943 bits per heavy atom. The molecule has 0 bridgehead atoms. The van der Waals surface area contributed by atoms with Gasteiger partial charge in [0.05, 0.1) is 25.5 Å². The van der Waals surface area contributed by atoms with Gasteiger partial charge in [-0.25, -0.2) is 9.59 Å². The third-order valence-electron chi connectivity index (χ3n) is 5.93. The summed E-state index contributed by atoms with van der Waals surface area (Å²) in [6.07, 6.45) is 0.177. The van der Waals surface area contributed by atoms with E-state index in [9.17, 15) is 14.4 Å². The van der Waals surface area contributed by atoms with Crippen LogP contribution in [0.3, 0.4) is 0 Å². The number of aryl methyl sites for hydroxylation is 2. The van der Waals surface area contributed by atoms with Crippen LogP contribution in [0.1, 0.15) is 37.7 Å². The van der Waals surface area contributed by atoms with Crippen LogP contribution in [0.25, 0.3) is 0 Å². The molecule has 2 aromatic carbocycles. The summed E-state index contributed by atoms with van der Waals surface area (Å²) in [6.45, 7) is 4.14. The van der Waals surface area contributed by atoms with Crippen LogP contribution in [0.5, 0.6) is 5.75 Å². The molecular weight excluding hydrogens is 448 g/mol. The number of rotatable bonds is 9.